The molecule has 4 nitrogen and oxygen atoms in total. The van der Waals surface area contributed by atoms with E-state index in [0.29, 0.717) is 0 Å². The molecule has 4 heteroatoms. The van der Waals surface area contributed by atoms with Crippen LogP contribution in [0.5, 0.6) is 0 Å². The molecule has 5 atom stereocenters. The highest BCUT2D eigenvalue weighted by Crippen LogP contribution is 2.63. The lowest BCUT2D eigenvalue weighted by molar-refractivity contribution is -0.157. The van der Waals surface area contributed by atoms with Gasteiger partial charge in [-0.2, -0.15) is 0 Å². The number of carbonyl (C=O) groups is 2. The largest absolute Gasteiger partial charge is 0.373 e. The number of ether oxygens (including phenoxy) is 1. The maximum atomic E-state index is 13.3. The summed E-state index contributed by atoms with van der Waals surface area (Å²) in [5.41, 5.74) is 0.230. The van der Waals surface area contributed by atoms with Crippen LogP contribution in [-0.4, -0.2) is 35.0 Å². The van der Waals surface area contributed by atoms with E-state index in [2.05, 4.69) is 6.92 Å². The molecular formula is C21H29NO3. The number of nitrogens with zero attached hydrogens (tertiary/aromatic N) is 1. The Kier molecular flexibility index (Phi) is 2.96. The molecule has 7 rings (SSSR count). The Bertz CT molecular complexity index is 580. The second-order valence-corrected chi connectivity index (χ2v) is 10.1. The van der Waals surface area contributed by atoms with Crippen molar-refractivity contribution in [1.82, 2.24) is 4.90 Å². The Morgan fingerprint density at radius 1 is 0.960 bits per heavy atom. The third kappa shape index (κ3) is 1.82. The number of rotatable bonds is 3. The minimum absolute atomic E-state index is 0.0188. The summed E-state index contributed by atoms with van der Waals surface area (Å²) in [4.78, 5) is 28.4. The van der Waals surface area contributed by atoms with Crippen LogP contribution >= 0.6 is 0 Å². The van der Waals surface area contributed by atoms with Crippen molar-refractivity contribution in [2.75, 3.05) is 0 Å². The molecule has 3 heterocycles. The molecule has 0 aromatic rings. The Morgan fingerprint density at radius 3 is 1.88 bits per heavy atom. The molecule has 25 heavy (non-hydrogen) atoms. The Morgan fingerprint density at radius 2 is 1.44 bits per heavy atom. The molecule has 0 unspecified atom stereocenters. The summed E-state index contributed by atoms with van der Waals surface area (Å²) < 4.78 is 5.92. The highest BCUT2D eigenvalue weighted by molar-refractivity contribution is 6.06. The van der Waals surface area contributed by atoms with E-state index < -0.39 is 0 Å². The highest BCUT2D eigenvalue weighted by Gasteiger charge is 2.65. The fraction of sp³-hybridized carbons (Fsp3) is 0.905. The van der Waals surface area contributed by atoms with Crippen LogP contribution < -0.4 is 0 Å². The summed E-state index contributed by atoms with van der Waals surface area (Å²) in [6.45, 7) is 2.20. The molecule has 0 N–H and O–H groups in total. The lowest BCUT2D eigenvalue weighted by Gasteiger charge is -2.60. The standard InChI is InChI=1S/C21H29NO3/c1-2-16(21-8-11-5-12(9-21)7-13(6-11)10-21)22-19(23)17-14-3-4-15(25-14)18(17)20(22)24/h11-18H,2-10H2,1H3/t11?,12?,13?,14-,15-,16+,17-,18+,21?/m1/s1. The van der Waals surface area contributed by atoms with Crippen LogP contribution in [0.2, 0.25) is 0 Å². The van der Waals surface area contributed by atoms with Crippen LogP contribution in [0.15, 0.2) is 0 Å². The first-order valence-electron chi connectivity index (χ1n) is 10.6. The van der Waals surface area contributed by atoms with Crippen LogP contribution in [-0.2, 0) is 14.3 Å². The van der Waals surface area contributed by atoms with Crippen LogP contribution in [0, 0.1) is 35.0 Å². The molecule has 0 aromatic heterocycles. The summed E-state index contributed by atoms with van der Waals surface area (Å²) in [5.74, 6) is 2.48. The molecule has 6 bridgehead atoms. The van der Waals surface area contributed by atoms with Gasteiger partial charge in [0.05, 0.1) is 24.0 Å². The first-order valence-corrected chi connectivity index (χ1v) is 10.6. The summed E-state index contributed by atoms with van der Waals surface area (Å²) in [6.07, 6.45) is 10.9. The smallest absolute Gasteiger partial charge is 0.236 e. The number of fused-ring (bicyclic) bond motifs is 5. The van der Waals surface area contributed by atoms with Crippen molar-refractivity contribution in [3.05, 3.63) is 0 Å². The lowest BCUT2D eigenvalue weighted by Crippen LogP contribution is -2.58. The molecule has 3 saturated heterocycles. The fourth-order valence-corrected chi connectivity index (χ4v) is 8.52. The third-order valence-electron chi connectivity index (χ3n) is 8.81. The van der Waals surface area contributed by atoms with E-state index in [9.17, 15) is 9.59 Å². The van der Waals surface area contributed by atoms with Gasteiger partial charge in [0, 0.05) is 6.04 Å². The first kappa shape index (κ1) is 15.2. The molecule has 7 fully saturated rings. The Balaban J connectivity index is 1.36. The van der Waals surface area contributed by atoms with Gasteiger partial charge in [-0.1, -0.05) is 6.92 Å². The molecular weight excluding hydrogens is 314 g/mol. The van der Waals surface area contributed by atoms with Crippen molar-refractivity contribution in [1.29, 1.82) is 0 Å². The molecule has 2 amide bonds. The fourth-order valence-electron chi connectivity index (χ4n) is 8.52. The van der Waals surface area contributed by atoms with Gasteiger partial charge in [0.2, 0.25) is 11.8 Å². The first-order chi connectivity index (χ1) is 12.1. The number of likely N-dealkylation sites (tertiary alicyclic amines) is 1. The molecule has 7 aliphatic rings. The number of hydrogen-bond donors (Lipinski definition) is 0. The molecule has 3 aliphatic heterocycles. The zero-order chi connectivity index (χ0) is 16.9. The monoisotopic (exact) mass is 343 g/mol. The molecule has 4 saturated carbocycles. The van der Waals surface area contributed by atoms with E-state index in [1.54, 1.807) is 4.90 Å². The number of amides is 2. The van der Waals surface area contributed by atoms with Crippen molar-refractivity contribution >= 4 is 11.8 Å². The third-order valence-corrected chi connectivity index (χ3v) is 8.81. The predicted octanol–water partition coefficient (Wildman–Crippen LogP) is 3.14. The second-order valence-electron chi connectivity index (χ2n) is 10.1. The maximum Gasteiger partial charge on any atom is 0.236 e. The van der Waals surface area contributed by atoms with Crippen LogP contribution in [0.4, 0.5) is 0 Å². The van der Waals surface area contributed by atoms with E-state index in [0.717, 1.165) is 37.0 Å². The Labute approximate surface area is 149 Å². The van der Waals surface area contributed by atoms with Gasteiger partial charge >= 0.3 is 0 Å². The normalized spacial score (nSPS) is 53.8. The van der Waals surface area contributed by atoms with E-state index in [4.69, 9.17) is 4.74 Å². The van der Waals surface area contributed by atoms with Gasteiger partial charge in [0.25, 0.3) is 0 Å². The highest BCUT2D eigenvalue weighted by atomic mass is 16.5. The summed E-state index contributed by atoms with van der Waals surface area (Å²) in [5, 5.41) is 0. The van der Waals surface area contributed by atoms with Crippen LogP contribution in [0.1, 0.15) is 64.7 Å². The van der Waals surface area contributed by atoms with Crippen molar-refractivity contribution in [2.45, 2.75) is 83.0 Å². The van der Waals surface area contributed by atoms with E-state index >= 15 is 0 Å². The van der Waals surface area contributed by atoms with Gasteiger partial charge in [0.1, 0.15) is 0 Å². The minimum atomic E-state index is -0.158. The molecule has 0 spiro atoms. The van der Waals surface area contributed by atoms with E-state index in [-0.39, 0.29) is 47.3 Å². The van der Waals surface area contributed by atoms with Crippen LogP contribution in [0.3, 0.4) is 0 Å². The lowest BCUT2D eigenvalue weighted by atomic mass is 9.47. The van der Waals surface area contributed by atoms with E-state index in [1.807, 2.05) is 0 Å². The number of imide groups is 1. The van der Waals surface area contributed by atoms with Crippen molar-refractivity contribution in [2.24, 2.45) is 35.0 Å². The van der Waals surface area contributed by atoms with Gasteiger partial charge in [0.15, 0.2) is 0 Å². The van der Waals surface area contributed by atoms with Gasteiger partial charge in [-0.05, 0) is 81.0 Å². The number of hydrogen-bond acceptors (Lipinski definition) is 3. The molecule has 4 aliphatic carbocycles. The number of carbonyl (C=O) groups excluding carboxylic acids is 2. The molecule has 136 valence electrons. The van der Waals surface area contributed by atoms with Crippen molar-refractivity contribution in [3.63, 3.8) is 0 Å². The SMILES string of the molecule is CC[C@H](N1C(=O)[C@@H]2[C@H](C1=O)[C@H]1CC[C@H]2O1)C12CC3CC(CC(C3)C1)C2. The zero-order valence-corrected chi connectivity index (χ0v) is 15.2. The summed E-state index contributed by atoms with van der Waals surface area (Å²) in [6, 6.07) is 0.144. The van der Waals surface area contributed by atoms with Gasteiger partial charge in [-0.25, -0.2) is 0 Å². The van der Waals surface area contributed by atoms with E-state index in [1.165, 1.54) is 38.5 Å². The average Bonchev–Trinajstić information content (AvgIpc) is 3.23. The van der Waals surface area contributed by atoms with Gasteiger partial charge in [-0.15, -0.1) is 0 Å². The van der Waals surface area contributed by atoms with Gasteiger partial charge in [-0.3, -0.25) is 14.5 Å². The Hall–Kier alpha value is -0.900. The second kappa shape index (κ2) is 4.88. The quantitative estimate of drug-likeness (QED) is 0.740. The predicted molar refractivity (Wildman–Crippen MR) is 91.4 cm³/mol. The van der Waals surface area contributed by atoms with Crippen molar-refractivity contribution in [3.8, 4) is 0 Å². The van der Waals surface area contributed by atoms with Gasteiger partial charge < -0.3 is 4.74 Å². The maximum absolute atomic E-state index is 13.3. The topological polar surface area (TPSA) is 46.6 Å². The summed E-state index contributed by atoms with van der Waals surface area (Å²) in [7, 11) is 0. The molecule has 0 radical (unpaired) electrons. The van der Waals surface area contributed by atoms with Crippen molar-refractivity contribution < 1.29 is 14.3 Å². The molecule has 0 aromatic carbocycles. The average molecular weight is 343 g/mol. The zero-order valence-electron chi connectivity index (χ0n) is 15.2. The van der Waals surface area contributed by atoms with Crippen LogP contribution in [0.25, 0.3) is 0 Å². The minimum Gasteiger partial charge on any atom is -0.373 e. The summed E-state index contributed by atoms with van der Waals surface area (Å²) >= 11 is 0.